The van der Waals surface area contributed by atoms with Crippen LogP contribution in [0.1, 0.15) is 36.5 Å². The molecule has 130 valence electrons. The average molecular weight is 348 g/mol. The summed E-state index contributed by atoms with van der Waals surface area (Å²) >= 11 is 0. The Balaban J connectivity index is 2.01. The van der Waals surface area contributed by atoms with Gasteiger partial charge in [-0.15, -0.1) is 0 Å². The molecule has 0 saturated carbocycles. The van der Waals surface area contributed by atoms with Gasteiger partial charge in [-0.25, -0.2) is 4.98 Å². The number of nitrogens with two attached hydrogens (primary N) is 2. The van der Waals surface area contributed by atoms with Gasteiger partial charge in [-0.05, 0) is 13.3 Å². The first kappa shape index (κ1) is 17.9. The lowest BCUT2D eigenvalue weighted by Crippen LogP contribution is -2.22. The Morgan fingerprint density at radius 3 is 2.91 bits per heavy atom. The molecule has 1 aromatic heterocycles. The normalized spacial score (nSPS) is 27.0. The lowest BCUT2D eigenvalue weighted by atomic mass is 10.1. The zero-order valence-corrected chi connectivity index (χ0v) is 13.6. The number of primary amides is 1. The second-order valence-corrected chi connectivity index (χ2v) is 7.23. The van der Waals surface area contributed by atoms with Crippen LogP contribution < -0.4 is 11.5 Å². The van der Waals surface area contributed by atoms with E-state index in [0.29, 0.717) is 0 Å². The number of rotatable bonds is 7. The highest BCUT2D eigenvalue weighted by Crippen LogP contribution is 2.44. The molecular weight excluding hydrogens is 327 g/mol. The number of hydrogen-bond donors (Lipinski definition) is 4. The summed E-state index contributed by atoms with van der Waals surface area (Å²) in [6.07, 6.45) is -0.537. The van der Waals surface area contributed by atoms with Gasteiger partial charge in [0.25, 0.3) is 5.91 Å². The zero-order valence-electron chi connectivity index (χ0n) is 12.7. The van der Waals surface area contributed by atoms with E-state index >= 15 is 0 Å². The van der Waals surface area contributed by atoms with Crippen LogP contribution in [0.25, 0.3) is 0 Å². The third-order valence-electron chi connectivity index (χ3n) is 3.61. The van der Waals surface area contributed by atoms with Crippen molar-refractivity contribution in [3.63, 3.8) is 0 Å². The number of aliphatic hydroxyl groups is 1. The molecule has 4 atom stereocenters. The van der Waals surface area contributed by atoms with Gasteiger partial charge in [0.05, 0.1) is 31.3 Å². The molecule has 11 heteroatoms. The molecule has 2 heterocycles. The van der Waals surface area contributed by atoms with Crippen molar-refractivity contribution in [2.45, 2.75) is 38.2 Å². The van der Waals surface area contributed by atoms with Crippen LogP contribution in [-0.4, -0.2) is 50.4 Å². The Hall–Kier alpha value is -1.45. The molecule has 0 aromatic carbocycles. The Labute approximate surface area is 132 Å². The Bertz CT molecular complexity index is 621. The van der Waals surface area contributed by atoms with Gasteiger partial charge in [-0.1, -0.05) is 0 Å². The standard InChI is InChI=1S/C12H21N4O6P/c1-2-21-23(19,20)4-3-8-7(17)5-9(22-8)16-6-15-10(11(16)13)12(14)18/h6-9,17H,2-5,13H2,1H3,(H2,14,18)(H,19,20)/t7-,8+,9+/m0/s1. The first-order valence-electron chi connectivity index (χ1n) is 7.17. The number of amides is 1. The summed E-state index contributed by atoms with van der Waals surface area (Å²) in [6, 6.07) is 0. The number of nitrogen functional groups attached to an aromatic ring is 1. The molecule has 0 bridgehead atoms. The number of carbonyl (C=O) groups is 1. The monoisotopic (exact) mass is 348 g/mol. The second-order valence-electron chi connectivity index (χ2n) is 5.25. The summed E-state index contributed by atoms with van der Waals surface area (Å²) in [5.41, 5.74) is 10.9. The van der Waals surface area contributed by atoms with E-state index in [-0.39, 0.29) is 37.1 Å². The van der Waals surface area contributed by atoms with Crippen LogP contribution in [0.5, 0.6) is 0 Å². The number of aromatic nitrogens is 2. The number of nitrogens with zero attached hydrogens (tertiary/aromatic N) is 2. The van der Waals surface area contributed by atoms with Crippen molar-refractivity contribution in [1.29, 1.82) is 0 Å². The summed E-state index contributed by atoms with van der Waals surface area (Å²) in [4.78, 5) is 24.5. The lowest BCUT2D eigenvalue weighted by Gasteiger charge is -2.17. The van der Waals surface area contributed by atoms with Crippen LogP contribution >= 0.6 is 7.60 Å². The van der Waals surface area contributed by atoms with Crippen LogP contribution in [0.15, 0.2) is 6.33 Å². The van der Waals surface area contributed by atoms with E-state index in [0.717, 1.165) is 0 Å². The number of aliphatic hydroxyl groups excluding tert-OH is 1. The maximum atomic E-state index is 11.7. The highest BCUT2D eigenvalue weighted by Gasteiger charge is 2.37. The minimum Gasteiger partial charge on any atom is -0.390 e. The second kappa shape index (κ2) is 6.98. The smallest absolute Gasteiger partial charge is 0.328 e. The van der Waals surface area contributed by atoms with E-state index in [1.165, 1.54) is 10.9 Å². The summed E-state index contributed by atoms with van der Waals surface area (Å²) in [5.74, 6) is -0.702. The van der Waals surface area contributed by atoms with Gasteiger partial charge >= 0.3 is 7.60 Å². The molecule has 2 rings (SSSR count). The zero-order chi connectivity index (χ0) is 17.2. The molecule has 1 unspecified atom stereocenters. The predicted octanol–water partition coefficient (Wildman–Crippen LogP) is -0.175. The maximum absolute atomic E-state index is 11.7. The van der Waals surface area contributed by atoms with Gasteiger partial charge in [0, 0.05) is 6.42 Å². The summed E-state index contributed by atoms with van der Waals surface area (Å²) in [6.45, 7) is 1.75. The Kier molecular flexibility index (Phi) is 5.43. The molecule has 23 heavy (non-hydrogen) atoms. The Morgan fingerprint density at radius 1 is 1.65 bits per heavy atom. The molecular formula is C12H21N4O6P. The quantitative estimate of drug-likeness (QED) is 0.493. The molecule has 10 nitrogen and oxygen atoms in total. The molecule has 0 aliphatic carbocycles. The number of ether oxygens (including phenoxy) is 1. The predicted molar refractivity (Wildman–Crippen MR) is 80.6 cm³/mol. The van der Waals surface area contributed by atoms with E-state index in [9.17, 15) is 19.4 Å². The van der Waals surface area contributed by atoms with Crippen LogP contribution in [0.2, 0.25) is 0 Å². The number of imidazole rings is 1. The van der Waals surface area contributed by atoms with Gasteiger partial charge in [0.1, 0.15) is 12.0 Å². The van der Waals surface area contributed by atoms with Gasteiger partial charge in [0.15, 0.2) is 5.69 Å². The topological polar surface area (TPSA) is 163 Å². The van der Waals surface area contributed by atoms with Crippen LogP contribution in [0.3, 0.4) is 0 Å². The van der Waals surface area contributed by atoms with Crippen molar-refractivity contribution in [2.75, 3.05) is 18.5 Å². The number of hydrogen-bond acceptors (Lipinski definition) is 7. The largest absolute Gasteiger partial charge is 0.390 e. The van der Waals surface area contributed by atoms with Crippen LogP contribution in [0.4, 0.5) is 5.82 Å². The van der Waals surface area contributed by atoms with Crippen molar-refractivity contribution in [3.8, 4) is 0 Å². The SMILES string of the molecule is CCOP(=O)(O)CC[C@H]1O[C@@H](n2cnc(C(N)=O)c2N)C[C@@H]1O. The lowest BCUT2D eigenvalue weighted by molar-refractivity contribution is -0.0190. The first-order chi connectivity index (χ1) is 10.7. The minimum absolute atomic E-state index is 0.0532. The maximum Gasteiger partial charge on any atom is 0.328 e. The summed E-state index contributed by atoms with van der Waals surface area (Å²) in [5, 5.41) is 10.1. The highest BCUT2D eigenvalue weighted by atomic mass is 31.2. The molecule has 1 aromatic rings. The fourth-order valence-corrected chi connectivity index (χ4v) is 3.61. The fraction of sp³-hybridized carbons (Fsp3) is 0.667. The average Bonchev–Trinajstić information content (AvgIpc) is 2.99. The number of anilines is 1. The molecule has 1 aliphatic heterocycles. The third-order valence-corrected chi connectivity index (χ3v) is 5.09. The van der Waals surface area contributed by atoms with E-state index in [4.69, 9.17) is 20.7 Å². The van der Waals surface area contributed by atoms with Crippen LogP contribution in [-0.2, 0) is 13.8 Å². The van der Waals surface area contributed by atoms with Gasteiger partial charge in [-0.3, -0.25) is 13.9 Å². The van der Waals surface area contributed by atoms with Crippen molar-refractivity contribution >= 4 is 19.3 Å². The highest BCUT2D eigenvalue weighted by molar-refractivity contribution is 7.52. The van der Waals surface area contributed by atoms with Gasteiger partial charge in [0.2, 0.25) is 0 Å². The van der Waals surface area contributed by atoms with E-state index in [2.05, 4.69) is 4.98 Å². The van der Waals surface area contributed by atoms with Crippen molar-refractivity contribution < 1.29 is 28.6 Å². The molecule has 0 spiro atoms. The van der Waals surface area contributed by atoms with E-state index < -0.39 is 31.9 Å². The fourth-order valence-electron chi connectivity index (χ4n) is 2.49. The molecule has 1 fully saturated rings. The molecule has 0 radical (unpaired) electrons. The third kappa shape index (κ3) is 4.10. The first-order valence-corrected chi connectivity index (χ1v) is 8.93. The molecule has 6 N–H and O–H groups in total. The van der Waals surface area contributed by atoms with Crippen molar-refractivity contribution in [1.82, 2.24) is 9.55 Å². The molecule has 1 amide bonds. The minimum atomic E-state index is -3.68. The number of carbonyl (C=O) groups excluding carboxylic acids is 1. The molecule has 1 aliphatic rings. The van der Waals surface area contributed by atoms with Crippen molar-refractivity contribution in [2.24, 2.45) is 5.73 Å². The van der Waals surface area contributed by atoms with Crippen LogP contribution in [0, 0.1) is 0 Å². The summed E-state index contributed by atoms with van der Waals surface area (Å²) < 4.78 is 23.5. The van der Waals surface area contributed by atoms with Gasteiger partial charge in [-0.2, -0.15) is 0 Å². The van der Waals surface area contributed by atoms with E-state index in [1.54, 1.807) is 6.92 Å². The summed E-state index contributed by atoms with van der Waals surface area (Å²) in [7, 11) is -3.68. The van der Waals surface area contributed by atoms with Gasteiger partial charge < -0.3 is 30.7 Å². The van der Waals surface area contributed by atoms with E-state index in [1.807, 2.05) is 0 Å². The van der Waals surface area contributed by atoms with Crippen molar-refractivity contribution in [3.05, 3.63) is 12.0 Å². The Morgan fingerprint density at radius 2 is 2.35 bits per heavy atom. The molecule has 1 saturated heterocycles.